The molecule has 0 aliphatic heterocycles. The van der Waals surface area contributed by atoms with Gasteiger partial charge in [-0.15, -0.1) is 0 Å². The van der Waals surface area contributed by atoms with E-state index in [1.807, 2.05) is 12.1 Å². The molecule has 0 radical (unpaired) electrons. The van der Waals surface area contributed by atoms with Gasteiger partial charge in [-0.05, 0) is 18.9 Å². The molecule has 21 heavy (non-hydrogen) atoms. The third-order valence-corrected chi connectivity index (χ3v) is 3.51. The van der Waals surface area contributed by atoms with Crippen molar-refractivity contribution < 1.29 is 9.47 Å². The number of aromatic nitrogens is 2. The zero-order valence-electron chi connectivity index (χ0n) is 13.3. The van der Waals surface area contributed by atoms with Crippen LogP contribution >= 0.6 is 0 Å². The molecular weight excluding hydrogens is 266 g/mol. The molecule has 0 fully saturated rings. The summed E-state index contributed by atoms with van der Waals surface area (Å²) >= 11 is 0. The lowest BCUT2D eigenvalue weighted by atomic mass is 10.1. The van der Waals surface area contributed by atoms with E-state index in [0.29, 0.717) is 18.2 Å². The molecule has 5 nitrogen and oxygen atoms in total. The molecule has 0 saturated heterocycles. The summed E-state index contributed by atoms with van der Waals surface area (Å²) in [4.78, 5) is 4.78. The zero-order chi connectivity index (χ0) is 15.4. The molecule has 0 amide bonds. The van der Waals surface area contributed by atoms with Gasteiger partial charge in [-0.2, -0.15) is 0 Å². The fourth-order valence-corrected chi connectivity index (χ4v) is 2.52. The highest BCUT2D eigenvalue weighted by Crippen LogP contribution is 2.32. The third-order valence-electron chi connectivity index (χ3n) is 3.51. The first kappa shape index (κ1) is 15.6. The molecule has 1 heterocycles. The van der Waals surface area contributed by atoms with Crippen LogP contribution in [-0.2, 0) is 13.0 Å². The Hall–Kier alpha value is -1.75. The van der Waals surface area contributed by atoms with Gasteiger partial charge in [0.15, 0.2) is 11.5 Å². The average molecular weight is 291 g/mol. The third kappa shape index (κ3) is 3.29. The van der Waals surface area contributed by atoms with Crippen LogP contribution in [0.15, 0.2) is 12.1 Å². The van der Waals surface area contributed by atoms with Crippen LogP contribution in [0.3, 0.4) is 0 Å². The topological polar surface area (TPSA) is 62.3 Å². The first-order valence-corrected chi connectivity index (χ1v) is 7.41. The number of benzene rings is 1. The Bertz CT molecular complexity index is 605. The number of hydrogen-bond donors (Lipinski definition) is 1. The van der Waals surface area contributed by atoms with Crippen molar-refractivity contribution in [1.29, 1.82) is 0 Å². The summed E-state index contributed by atoms with van der Waals surface area (Å²) in [6.45, 7) is 5.96. The minimum atomic E-state index is 0.558. The lowest BCUT2D eigenvalue weighted by molar-refractivity contribution is 0.355. The summed E-state index contributed by atoms with van der Waals surface area (Å²) in [5.74, 6) is 3.10. The Labute approximate surface area is 126 Å². The quantitative estimate of drug-likeness (QED) is 0.851. The predicted molar refractivity (Wildman–Crippen MR) is 85.1 cm³/mol. The molecule has 0 saturated carbocycles. The van der Waals surface area contributed by atoms with Crippen LogP contribution in [0.4, 0.5) is 0 Å². The van der Waals surface area contributed by atoms with Gasteiger partial charge in [0, 0.05) is 25.1 Å². The van der Waals surface area contributed by atoms with Crippen molar-refractivity contribution in [1.82, 2.24) is 9.55 Å². The van der Waals surface area contributed by atoms with Crippen LogP contribution < -0.4 is 15.2 Å². The van der Waals surface area contributed by atoms with Crippen LogP contribution in [0.5, 0.6) is 11.5 Å². The molecule has 0 spiro atoms. The Morgan fingerprint density at radius 2 is 1.86 bits per heavy atom. The Kier molecular flexibility index (Phi) is 5.07. The second-order valence-corrected chi connectivity index (χ2v) is 5.62. The lowest BCUT2D eigenvalue weighted by Crippen LogP contribution is -2.10. The van der Waals surface area contributed by atoms with Gasteiger partial charge in [-0.3, -0.25) is 0 Å². The van der Waals surface area contributed by atoms with Gasteiger partial charge in [-0.25, -0.2) is 4.98 Å². The summed E-state index contributed by atoms with van der Waals surface area (Å²) in [6.07, 6.45) is 1.88. The SMILES string of the molecule is COc1cc2nc(CC(C)C)n(CCCN)c2cc1OC. The first-order chi connectivity index (χ1) is 10.1. The smallest absolute Gasteiger partial charge is 0.163 e. The second kappa shape index (κ2) is 6.80. The number of nitrogens with two attached hydrogens (primary N) is 1. The normalized spacial score (nSPS) is 11.3. The molecule has 0 atom stereocenters. The molecule has 0 aliphatic carbocycles. The van der Waals surface area contributed by atoms with Crippen molar-refractivity contribution in [3.05, 3.63) is 18.0 Å². The number of aryl methyl sites for hydroxylation is 1. The fourth-order valence-electron chi connectivity index (χ4n) is 2.52. The molecule has 0 bridgehead atoms. The molecule has 2 N–H and O–H groups in total. The Morgan fingerprint density at radius 3 is 2.43 bits per heavy atom. The van der Waals surface area contributed by atoms with Crippen molar-refractivity contribution in [3.8, 4) is 11.5 Å². The summed E-state index contributed by atoms with van der Waals surface area (Å²) in [5, 5.41) is 0. The van der Waals surface area contributed by atoms with Gasteiger partial charge in [0.1, 0.15) is 5.82 Å². The molecule has 0 unspecified atom stereocenters. The maximum Gasteiger partial charge on any atom is 0.163 e. The van der Waals surface area contributed by atoms with Crippen molar-refractivity contribution in [3.63, 3.8) is 0 Å². The van der Waals surface area contributed by atoms with E-state index in [-0.39, 0.29) is 0 Å². The zero-order valence-corrected chi connectivity index (χ0v) is 13.3. The highest BCUT2D eigenvalue weighted by Gasteiger charge is 2.15. The van der Waals surface area contributed by atoms with Crippen molar-refractivity contribution in [2.75, 3.05) is 20.8 Å². The minimum absolute atomic E-state index is 0.558. The van der Waals surface area contributed by atoms with E-state index in [2.05, 4.69) is 18.4 Å². The maximum atomic E-state index is 5.66. The van der Waals surface area contributed by atoms with Crippen molar-refractivity contribution >= 4 is 11.0 Å². The van der Waals surface area contributed by atoms with Crippen LogP contribution in [0.25, 0.3) is 11.0 Å². The van der Waals surface area contributed by atoms with Crippen molar-refractivity contribution in [2.24, 2.45) is 11.7 Å². The van der Waals surface area contributed by atoms with E-state index in [4.69, 9.17) is 20.2 Å². The standard InChI is InChI=1S/C16H25N3O2/c1-11(2)8-16-18-12-9-14(20-3)15(21-4)10-13(12)19(16)7-5-6-17/h9-11H,5-8,17H2,1-4H3. The molecule has 0 aliphatic rings. The van der Waals surface area contributed by atoms with Crippen LogP contribution in [-0.4, -0.2) is 30.3 Å². The van der Waals surface area contributed by atoms with Crippen molar-refractivity contribution in [2.45, 2.75) is 33.2 Å². The van der Waals surface area contributed by atoms with Gasteiger partial charge in [0.2, 0.25) is 0 Å². The second-order valence-electron chi connectivity index (χ2n) is 5.62. The summed E-state index contributed by atoms with van der Waals surface area (Å²) in [6, 6.07) is 3.94. The predicted octanol–water partition coefficient (Wildman–Crippen LogP) is 2.60. The Morgan fingerprint density at radius 1 is 1.19 bits per heavy atom. The van der Waals surface area contributed by atoms with Gasteiger partial charge < -0.3 is 19.8 Å². The number of imidazole rings is 1. The van der Waals surface area contributed by atoms with E-state index in [1.54, 1.807) is 14.2 Å². The summed E-state index contributed by atoms with van der Waals surface area (Å²) in [7, 11) is 3.30. The average Bonchev–Trinajstić information content (AvgIpc) is 2.78. The number of hydrogen-bond acceptors (Lipinski definition) is 4. The largest absolute Gasteiger partial charge is 0.493 e. The fraction of sp³-hybridized carbons (Fsp3) is 0.562. The van der Waals surface area contributed by atoms with Gasteiger partial charge in [0.25, 0.3) is 0 Å². The van der Waals surface area contributed by atoms with E-state index >= 15 is 0 Å². The number of fused-ring (bicyclic) bond motifs is 1. The number of ether oxygens (including phenoxy) is 2. The number of nitrogens with zero attached hydrogens (tertiary/aromatic N) is 2. The molecule has 1 aromatic heterocycles. The minimum Gasteiger partial charge on any atom is -0.493 e. The molecule has 2 aromatic rings. The maximum absolute atomic E-state index is 5.66. The molecule has 1 aromatic carbocycles. The van der Waals surface area contributed by atoms with Crippen LogP contribution in [0.2, 0.25) is 0 Å². The van der Waals surface area contributed by atoms with E-state index in [1.165, 1.54) is 0 Å². The van der Waals surface area contributed by atoms with Gasteiger partial charge >= 0.3 is 0 Å². The molecule has 116 valence electrons. The van der Waals surface area contributed by atoms with E-state index in [9.17, 15) is 0 Å². The molecule has 2 rings (SSSR count). The monoisotopic (exact) mass is 291 g/mol. The highest BCUT2D eigenvalue weighted by molar-refractivity contribution is 5.80. The summed E-state index contributed by atoms with van der Waals surface area (Å²) < 4.78 is 13.0. The van der Waals surface area contributed by atoms with Crippen LogP contribution in [0, 0.1) is 5.92 Å². The highest BCUT2D eigenvalue weighted by atomic mass is 16.5. The Balaban J connectivity index is 2.56. The molecule has 5 heteroatoms. The van der Waals surface area contributed by atoms with Crippen LogP contribution in [0.1, 0.15) is 26.1 Å². The van der Waals surface area contributed by atoms with E-state index < -0.39 is 0 Å². The lowest BCUT2D eigenvalue weighted by Gasteiger charge is -2.11. The number of methoxy groups -OCH3 is 2. The van der Waals surface area contributed by atoms with Gasteiger partial charge in [0.05, 0.1) is 25.3 Å². The number of rotatable bonds is 7. The molecular formula is C16H25N3O2. The van der Waals surface area contributed by atoms with E-state index in [0.717, 1.165) is 42.0 Å². The van der Waals surface area contributed by atoms with Gasteiger partial charge in [-0.1, -0.05) is 13.8 Å². The first-order valence-electron chi connectivity index (χ1n) is 7.41. The summed E-state index contributed by atoms with van der Waals surface area (Å²) in [5.41, 5.74) is 7.69.